The molecule has 4 nitrogen and oxygen atoms in total. The molecule has 0 saturated carbocycles. The minimum absolute atomic E-state index is 0.0868. The van der Waals surface area contributed by atoms with E-state index in [1.165, 1.54) is 22.7 Å². The second-order valence-corrected chi connectivity index (χ2v) is 10.0. The Morgan fingerprint density at radius 1 is 1.10 bits per heavy atom. The summed E-state index contributed by atoms with van der Waals surface area (Å²) in [5.41, 5.74) is 0.662. The molecule has 2 aromatic rings. The van der Waals surface area contributed by atoms with E-state index >= 15 is 0 Å². The SMILES string of the molecule is CC(C(=O)NC(C)(C)C)N(Cc1c(Cl)cccc1Cl)C(=O)CSCc1ccccc1F. The fourth-order valence-corrected chi connectivity index (χ4v) is 4.27. The highest BCUT2D eigenvalue weighted by Crippen LogP contribution is 2.27. The number of hydrogen-bond donors (Lipinski definition) is 1. The summed E-state index contributed by atoms with van der Waals surface area (Å²) < 4.78 is 13.8. The molecular weight excluding hydrogens is 458 g/mol. The van der Waals surface area contributed by atoms with E-state index in [4.69, 9.17) is 23.2 Å². The Kier molecular flexibility index (Phi) is 9.22. The van der Waals surface area contributed by atoms with E-state index < -0.39 is 11.6 Å². The van der Waals surface area contributed by atoms with Gasteiger partial charge in [-0.2, -0.15) is 0 Å². The second kappa shape index (κ2) is 11.2. The van der Waals surface area contributed by atoms with Crippen LogP contribution in [0.3, 0.4) is 0 Å². The number of nitrogens with zero attached hydrogens (tertiary/aromatic N) is 1. The van der Waals surface area contributed by atoms with Crippen LogP contribution >= 0.6 is 35.0 Å². The van der Waals surface area contributed by atoms with Crippen LogP contribution in [-0.4, -0.2) is 34.0 Å². The van der Waals surface area contributed by atoms with Crippen LogP contribution in [0.15, 0.2) is 42.5 Å². The van der Waals surface area contributed by atoms with Gasteiger partial charge in [0.25, 0.3) is 0 Å². The van der Waals surface area contributed by atoms with E-state index in [2.05, 4.69) is 5.32 Å². The molecule has 0 spiro atoms. The lowest BCUT2D eigenvalue weighted by Crippen LogP contribution is -2.52. The maximum absolute atomic E-state index is 13.8. The van der Waals surface area contributed by atoms with Gasteiger partial charge in [-0.3, -0.25) is 9.59 Å². The van der Waals surface area contributed by atoms with Crippen LogP contribution in [0, 0.1) is 5.82 Å². The lowest BCUT2D eigenvalue weighted by atomic mass is 10.1. The van der Waals surface area contributed by atoms with E-state index in [-0.39, 0.29) is 29.9 Å². The highest BCUT2D eigenvalue weighted by atomic mass is 35.5. The zero-order valence-corrected chi connectivity index (χ0v) is 20.4. The molecule has 0 aromatic heterocycles. The summed E-state index contributed by atoms with van der Waals surface area (Å²) in [5, 5.41) is 3.75. The van der Waals surface area contributed by atoms with Gasteiger partial charge < -0.3 is 10.2 Å². The van der Waals surface area contributed by atoms with Crippen molar-refractivity contribution in [2.24, 2.45) is 0 Å². The van der Waals surface area contributed by atoms with Gasteiger partial charge in [0, 0.05) is 33.4 Å². The van der Waals surface area contributed by atoms with Crippen molar-refractivity contribution < 1.29 is 14.0 Å². The first-order valence-corrected chi connectivity index (χ1v) is 11.8. The number of rotatable bonds is 8. The summed E-state index contributed by atoms with van der Waals surface area (Å²) >= 11 is 13.9. The minimum atomic E-state index is -0.742. The molecule has 0 saturated heterocycles. The molecule has 1 N–H and O–H groups in total. The predicted octanol–water partition coefficient (Wildman–Crippen LogP) is 5.70. The highest BCUT2D eigenvalue weighted by molar-refractivity contribution is 7.99. The Labute approximate surface area is 197 Å². The molecule has 0 aliphatic heterocycles. The largest absolute Gasteiger partial charge is 0.350 e. The van der Waals surface area contributed by atoms with Crippen LogP contribution in [0.1, 0.15) is 38.8 Å². The quantitative estimate of drug-likeness (QED) is 0.522. The van der Waals surface area contributed by atoms with Gasteiger partial charge in [0.15, 0.2) is 0 Å². The number of amides is 2. The Bertz CT molecular complexity index is 914. The summed E-state index contributed by atoms with van der Waals surface area (Å²) in [6.07, 6.45) is 0. The molecule has 2 rings (SSSR count). The molecule has 1 atom stereocenters. The maximum atomic E-state index is 13.8. The molecule has 2 amide bonds. The predicted molar refractivity (Wildman–Crippen MR) is 127 cm³/mol. The number of halogens is 3. The van der Waals surface area contributed by atoms with Crippen LogP contribution in [0.5, 0.6) is 0 Å². The number of hydrogen-bond acceptors (Lipinski definition) is 3. The third-order valence-corrected chi connectivity index (χ3v) is 6.17. The number of thioether (sulfide) groups is 1. The first kappa shape index (κ1) is 25.5. The van der Waals surface area contributed by atoms with Crippen molar-refractivity contribution in [3.63, 3.8) is 0 Å². The number of nitrogens with one attached hydrogen (secondary N) is 1. The van der Waals surface area contributed by atoms with Gasteiger partial charge in [-0.05, 0) is 51.5 Å². The Morgan fingerprint density at radius 3 is 2.29 bits per heavy atom. The van der Waals surface area contributed by atoms with Crippen LogP contribution in [-0.2, 0) is 21.9 Å². The van der Waals surface area contributed by atoms with Gasteiger partial charge >= 0.3 is 0 Å². The van der Waals surface area contributed by atoms with Crippen molar-refractivity contribution in [3.05, 3.63) is 69.5 Å². The molecule has 0 bridgehead atoms. The van der Waals surface area contributed by atoms with Gasteiger partial charge in [-0.1, -0.05) is 47.5 Å². The van der Waals surface area contributed by atoms with Crippen LogP contribution in [0.2, 0.25) is 10.0 Å². The van der Waals surface area contributed by atoms with Crippen LogP contribution < -0.4 is 5.32 Å². The first-order chi connectivity index (χ1) is 14.5. The lowest BCUT2D eigenvalue weighted by molar-refractivity contribution is -0.139. The average Bonchev–Trinajstić information content (AvgIpc) is 2.67. The van der Waals surface area contributed by atoms with Crippen molar-refractivity contribution in [1.29, 1.82) is 0 Å². The monoisotopic (exact) mass is 484 g/mol. The zero-order valence-electron chi connectivity index (χ0n) is 18.0. The number of carbonyl (C=O) groups is 2. The van der Waals surface area contributed by atoms with Crippen molar-refractivity contribution in [3.8, 4) is 0 Å². The van der Waals surface area contributed by atoms with Gasteiger partial charge in [-0.15, -0.1) is 11.8 Å². The zero-order chi connectivity index (χ0) is 23.2. The number of benzene rings is 2. The van der Waals surface area contributed by atoms with Gasteiger partial charge in [-0.25, -0.2) is 4.39 Å². The van der Waals surface area contributed by atoms with E-state index in [9.17, 15) is 14.0 Å². The van der Waals surface area contributed by atoms with Crippen LogP contribution in [0.4, 0.5) is 4.39 Å². The third-order valence-electron chi connectivity index (χ3n) is 4.50. The smallest absolute Gasteiger partial charge is 0.242 e. The molecular formula is C23H27Cl2FN2O2S. The molecule has 168 valence electrons. The molecule has 2 aromatic carbocycles. The second-order valence-electron chi connectivity index (χ2n) is 8.22. The van der Waals surface area contributed by atoms with Crippen molar-refractivity contribution >= 4 is 46.8 Å². The summed E-state index contributed by atoms with van der Waals surface area (Å²) in [4.78, 5) is 27.3. The summed E-state index contributed by atoms with van der Waals surface area (Å²) in [6, 6.07) is 10.8. The molecule has 0 radical (unpaired) electrons. The van der Waals surface area contributed by atoms with E-state index in [1.807, 2.05) is 20.8 Å². The minimum Gasteiger partial charge on any atom is -0.350 e. The Hall–Kier alpha value is -1.76. The molecule has 0 aliphatic carbocycles. The first-order valence-electron chi connectivity index (χ1n) is 9.85. The highest BCUT2D eigenvalue weighted by Gasteiger charge is 2.29. The third kappa shape index (κ3) is 7.70. The molecule has 1 unspecified atom stereocenters. The van der Waals surface area contributed by atoms with Gasteiger partial charge in [0.2, 0.25) is 11.8 Å². The molecule has 0 fully saturated rings. The topological polar surface area (TPSA) is 49.4 Å². The molecule has 8 heteroatoms. The fourth-order valence-electron chi connectivity index (χ4n) is 2.86. The van der Waals surface area contributed by atoms with Crippen LogP contribution in [0.25, 0.3) is 0 Å². The standard InChI is InChI=1S/C23H27Cl2FN2O2S/c1-15(22(30)27-23(2,3)4)28(12-17-18(24)9-7-10-19(17)25)21(29)14-31-13-16-8-5-6-11-20(16)26/h5-11,15H,12-14H2,1-4H3,(H,27,30). The molecule has 0 heterocycles. The number of carbonyl (C=O) groups excluding carboxylic acids is 2. The Morgan fingerprint density at radius 2 is 1.71 bits per heavy atom. The summed E-state index contributed by atoms with van der Waals surface area (Å²) in [6.45, 7) is 7.39. The maximum Gasteiger partial charge on any atom is 0.242 e. The van der Waals surface area contributed by atoms with Gasteiger partial charge in [0.05, 0.1) is 5.75 Å². The normalized spacial score (nSPS) is 12.4. The van der Waals surface area contributed by atoms with E-state index in [0.29, 0.717) is 26.9 Å². The summed E-state index contributed by atoms with van der Waals surface area (Å²) in [7, 11) is 0. The van der Waals surface area contributed by atoms with E-state index in [0.717, 1.165) is 0 Å². The summed E-state index contributed by atoms with van der Waals surface area (Å²) in [5.74, 6) is -0.400. The Balaban J connectivity index is 2.18. The molecule has 31 heavy (non-hydrogen) atoms. The van der Waals surface area contributed by atoms with Crippen molar-refractivity contribution in [1.82, 2.24) is 10.2 Å². The van der Waals surface area contributed by atoms with E-state index in [1.54, 1.807) is 43.3 Å². The van der Waals surface area contributed by atoms with Gasteiger partial charge in [0.1, 0.15) is 11.9 Å². The molecule has 0 aliphatic rings. The average molecular weight is 485 g/mol. The van der Waals surface area contributed by atoms with Crippen molar-refractivity contribution in [2.45, 2.75) is 51.6 Å². The fraction of sp³-hybridized carbons (Fsp3) is 0.391. The lowest BCUT2D eigenvalue weighted by Gasteiger charge is -2.32. The van der Waals surface area contributed by atoms with Crippen molar-refractivity contribution in [2.75, 3.05) is 5.75 Å².